The molecule has 0 aromatic heterocycles. The van der Waals surface area contributed by atoms with Crippen LogP contribution in [0.4, 0.5) is 0 Å². The predicted octanol–water partition coefficient (Wildman–Crippen LogP) is -0.0434. The van der Waals surface area contributed by atoms with E-state index in [9.17, 15) is 4.79 Å². The van der Waals surface area contributed by atoms with Crippen LogP contribution in [-0.4, -0.2) is 12.5 Å². The topological polar surface area (TPSA) is 29.1 Å². The maximum absolute atomic E-state index is 9.89. The molecule has 0 bridgehead atoms. The molecule has 0 aromatic rings. The largest absolute Gasteiger partial charge is 0.386 e. The maximum Gasteiger partial charge on any atom is 0.214 e. The van der Waals surface area contributed by atoms with E-state index in [1.165, 1.54) is 6.92 Å². The van der Waals surface area contributed by atoms with Crippen molar-refractivity contribution in [2.24, 2.45) is 0 Å². The molecule has 40 valence electrons. The van der Waals surface area contributed by atoms with Crippen LogP contribution in [0.1, 0.15) is 6.92 Å². The van der Waals surface area contributed by atoms with Gasteiger partial charge in [0.05, 0.1) is 0 Å². The fourth-order valence-corrected chi connectivity index (χ4v) is 0.176. The minimum absolute atomic E-state index is 0. The van der Waals surface area contributed by atoms with Crippen molar-refractivity contribution < 1.29 is 35.9 Å². The van der Waals surface area contributed by atoms with Crippen molar-refractivity contribution in [1.82, 2.24) is 5.32 Å². The Kier molecular flexibility index (Phi) is 9.78. The van der Waals surface area contributed by atoms with E-state index in [4.69, 9.17) is 0 Å². The molecular weight excluding hydrogens is 316 g/mol. The van der Waals surface area contributed by atoms with Gasteiger partial charge in [-0.15, -0.1) is 6.54 Å². The first-order valence-corrected chi connectivity index (χ1v) is 1.81. The fraction of sp³-hybridized carbons (Fsp3) is 0.500. The smallest absolute Gasteiger partial charge is 0.214 e. The third kappa shape index (κ3) is 10.8. The minimum atomic E-state index is -0.0231. The van der Waals surface area contributed by atoms with E-state index >= 15 is 0 Å². The molecule has 0 aliphatic carbocycles. The van der Waals surface area contributed by atoms with Crippen LogP contribution >= 0.6 is 0 Å². The number of carbonyl (C=O) groups excluding carboxylic acids is 1. The van der Waals surface area contributed by atoms with Gasteiger partial charge in [0, 0.05) is 38.0 Å². The van der Waals surface area contributed by atoms with Gasteiger partial charge in [0.1, 0.15) is 0 Å². The summed E-state index contributed by atoms with van der Waals surface area (Å²) in [7, 11) is 0. The SMILES string of the molecule is [CH2-]CNC(C)=O.[U]. The van der Waals surface area contributed by atoms with Crippen LogP contribution in [0.15, 0.2) is 0 Å². The number of nitrogens with one attached hydrogen (secondary N) is 1. The second kappa shape index (κ2) is 6.52. The summed E-state index contributed by atoms with van der Waals surface area (Å²) >= 11 is 0. The van der Waals surface area contributed by atoms with Gasteiger partial charge in [-0.25, -0.2) is 0 Å². The van der Waals surface area contributed by atoms with Crippen molar-refractivity contribution >= 4 is 5.91 Å². The van der Waals surface area contributed by atoms with E-state index < -0.39 is 0 Å². The summed E-state index contributed by atoms with van der Waals surface area (Å²) in [5, 5.41) is 2.46. The number of carbonyl (C=O) groups is 1. The van der Waals surface area contributed by atoms with Crippen LogP contribution in [0.5, 0.6) is 0 Å². The Bertz CT molecular complexity index is 55.7. The molecule has 0 unspecified atom stereocenters. The number of rotatable bonds is 1. The van der Waals surface area contributed by atoms with E-state index in [1.807, 2.05) is 0 Å². The number of hydrogen-bond acceptors (Lipinski definition) is 1. The third-order valence-corrected chi connectivity index (χ3v) is 0.374. The second-order valence-corrected chi connectivity index (χ2v) is 0.983. The molecule has 0 spiro atoms. The van der Waals surface area contributed by atoms with Crippen LogP contribution < -0.4 is 5.32 Å². The molecule has 0 aliphatic heterocycles. The van der Waals surface area contributed by atoms with Gasteiger partial charge < -0.3 is 12.2 Å². The summed E-state index contributed by atoms with van der Waals surface area (Å²) in [6, 6.07) is 0. The van der Waals surface area contributed by atoms with Crippen molar-refractivity contribution in [3.63, 3.8) is 0 Å². The molecule has 0 saturated heterocycles. The molecule has 0 fully saturated rings. The van der Waals surface area contributed by atoms with Crippen molar-refractivity contribution in [3.8, 4) is 0 Å². The van der Waals surface area contributed by atoms with Crippen LogP contribution in [-0.2, 0) is 4.79 Å². The molecule has 7 heavy (non-hydrogen) atoms. The Morgan fingerprint density at radius 3 is 2.29 bits per heavy atom. The molecule has 1 N–H and O–H groups in total. The van der Waals surface area contributed by atoms with Gasteiger partial charge in [-0.2, -0.15) is 0 Å². The van der Waals surface area contributed by atoms with Crippen molar-refractivity contribution in [3.05, 3.63) is 6.92 Å². The molecule has 3 heteroatoms. The Balaban J connectivity index is 0. The van der Waals surface area contributed by atoms with Gasteiger partial charge >= 0.3 is 0 Å². The van der Waals surface area contributed by atoms with Gasteiger partial charge in [-0.3, -0.25) is 4.79 Å². The fourth-order valence-electron chi connectivity index (χ4n) is 0.176. The minimum Gasteiger partial charge on any atom is -0.386 e. The van der Waals surface area contributed by atoms with E-state index in [0.29, 0.717) is 6.54 Å². The predicted molar refractivity (Wildman–Crippen MR) is 24.0 cm³/mol. The Morgan fingerprint density at radius 2 is 2.29 bits per heavy atom. The van der Waals surface area contributed by atoms with Crippen LogP contribution in [0, 0.1) is 38.0 Å². The zero-order valence-electron chi connectivity index (χ0n) is 4.32. The van der Waals surface area contributed by atoms with Crippen molar-refractivity contribution in [2.75, 3.05) is 6.54 Å². The first-order chi connectivity index (χ1) is 2.77. The van der Waals surface area contributed by atoms with E-state index in [-0.39, 0.29) is 37.0 Å². The third-order valence-electron chi connectivity index (χ3n) is 0.374. The average molecular weight is 324 g/mol. The summed E-state index contributed by atoms with van der Waals surface area (Å²) < 4.78 is 0. The molecule has 0 atom stereocenters. The van der Waals surface area contributed by atoms with Crippen LogP contribution in [0.2, 0.25) is 0 Å². The van der Waals surface area contributed by atoms with Crippen molar-refractivity contribution in [1.29, 1.82) is 0 Å². The Labute approximate surface area is 67.4 Å². The zero-order valence-corrected chi connectivity index (χ0v) is 8.49. The van der Waals surface area contributed by atoms with E-state index in [1.54, 1.807) is 0 Å². The van der Waals surface area contributed by atoms with Gasteiger partial charge in [0.15, 0.2) is 0 Å². The standard InChI is InChI=1S/C4H8NO.U/c1-3-5-4(2)6;/h1,3H2,2H3,(H,5,6);/q-1;. The summed E-state index contributed by atoms with van der Waals surface area (Å²) in [5.74, 6) is -0.0231. The average Bonchev–Trinajstić information content (AvgIpc) is 1.35. The maximum atomic E-state index is 9.89. The monoisotopic (exact) mass is 324 g/mol. The summed E-state index contributed by atoms with van der Waals surface area (Å²) in [4.78, 5) is 9.89. The first kappa shape index (κ1) is 10.5. The normalized spacial score (nSPS) is 6.57. The molecule has 0 heterocycles. The van der Waals surface area contributed by atoms with Crippen LogP contribution in [0.25, 0.3) is 0 Å². The molecular formula is C4H8NOU-. The molecule has 0 saturated carbocycles. The molecule has 2 nitrogen and oxygen atoms in total. The van der Waals surface area contributed by atoms with Crippen LogP contribution in [0.3, 0.4) is 0 Å². The summed E-state index contributed by atoms with van der Waals surface area (Å²) in [6.07, 6.45) is 0. The second-order valence-electron chi connectivity index (χ2n) is 0.983. The first-order valence-electron chi connectivity index (χ1n) is 1.81. The molecule has 0 radical (unpaired) electrons. The molecule has 1 amide bonds. The van der Waals surface area contributed by atoms with Gasteiger partial charge in [0.2, 0.25) is 5.91 Å². The van der Waals surface area contributed by atoms with Crippen molar-refractivity contribution in [2.45, 2.75) is 6.92 Å². The Morgan fingerprint density at radius 1 is 1.86 bits per heavy atom. The number of hydrogen-bond donors (Lipinski definition) is 1. The molecule has 0 rings (SSSR count). The summed E-state index contributed by atoms with van der Waals surface area (Å²) in [5.41, 5.74) is 0. The number of amides is 1. The zero-order chi connectivity index (χ0) is 4.99. The summed E-state index contributed by atoms with van der Waals surface area (Å²) in [6.45, 7) is 5.34. The quantitative estimate of drug-likeness (QED) is 0.674. The van der Waals surface area contributed by atoms with E-state index in [0.717, 1.165) is 0 Å². The Hall–Kier alpha value is 0.522. The van der Waals surface area contributed by atoms with Gasteiger partial charge in [-0.1, -0.05) is 0 Å². The van der Waals surface area contributed by atoms with Gasteiger partial charge in [-0.05, 0) is 0 Å². The molecule has 0 aliphatic rings. The van der Waals surface area contributed by atoms with E-state index in [2.05, 4.69) is 12.2 Å². The molecule has 0 aromatic carbocycles. The van der Waals surface area contributed by atoms with Gasteiger partial charge in [0.25, 0.3) is 0 Å².